The number of methoxy groups -OCH3 is 2. The lowest BCUT2D eigenvalue weighted by Gasteiger charge is -2.16. The third-order valence-corrected chi connectivity index (χ3v) is 6.33. The van der Waals surface area contributed by atoms with E-state index in [0.717, 1.165) is 27.8 Å². The van der Waals surface area contributed by atoms with Gasteiger partial charge in [-0.1, -0.05) is 5.10 Å². The van der Waals surface area contributed by atoms with Crippen LogP contribution in [-0.2, 0) is 30.0 Å². The van der Waals surface area contributed by atoms with E-state index in [9.17, 15) is 33.9 Å². The predicted octanol–water partition coefficient (Wildman–Crippen LogP) is 0.697. The molecule has 2 heterocycles. The molecule has 3 rings (SSSR count). The van der Waals surface area contributed by atoms with Crippen molar-refractivity contribution in [3.05, 3.63) is 51.7 Å². The summed E-state index contributed by atoms with van der Waals surface area (Å²) >= 11 is 0. The number of rotatable bonds is 17. The molecule has 1 aliphatic heterocycles. The highest BCUT2D eigenvalue weighted by molar-refractivity contribution is 7.46. The number of imide groups is 1. The minimum absolute atomic E-state index is 0.0203. The summed E-state index contributed by atoms with van der Waals surface area (Å²) in [6, 6.07) is 3.83. The summed E-state index contributed by atoms with van der Waals surface area (Å²) in [4.78, 5) is 77.4. The average Bonchev–Trinajstić information content (AvgIpc) is 3.51. The molecule has 0 spiro atoms. The van der Waals surface area contributed by atoms with E-state index in [0.29, 0.717) is 5.56 Å². The third kappa shape index (κ3) is 9.17. The van der Waals surface area contributed by atoms with Crippen LogP contribution in [0.4, 0.5) is 5.82 Å². The molecule has 43 heavy (non-hydrogen) atoms. The van der Waals surface area contributed by atoms with Crippen molar-refractivity contribution >= 4 is 37.1 Å². The van der Waals surface area contributed by atoms with Crippen LogP contribution < -0.4 is 19.5 Å². The summed E-state index contributed by atoms with van der Waals surface area (Å²) in [6.07, 6.45) is 2.57. The lowest BCUT2D eigenvalue weighted by Crippen LogP contribution is -2.32. The van der Waals surface area contributed by atoms with Crippen molar-refractivity contribution in [1.29, 1.82) is 0 Å². The van der Waals surface area contributed by atoms with Crippen molar-refractivity contribution in [3.63, 3.8) is 0 Å². The van der Waals surface area contributed by atoms with Crippen LogP contribution in [0.3, 0.4) is 0 Å². The summed E-state index contributed by atoms with van der Waals surface area (Å²) in [5, 5.41) is 18.2. The number of nitrogens with one attached hydrogen (secondary N) is 1. The first-order valence-corrected chi connectivity index (χ1v) is 14.0. The van der Waals surface area contributed by atoms with Crippen LogP contribution in [0.1, 0.15) is 35.3 Å². The smallest absolute Gasteiger partial charge is 0.472 e. The fraction of sp³-hybridized carbons (Fsp3) is 0.375. The van der Waals surface area contributed by atoms with Gasteiger partial charge in [0.25, 0.3) is 17.7 Å². The topological polar surface area (TPSA) is 239 Å². The van der Waals surface area contributed by atoms with Gasteiger partial charge in [0.2, 0.25) is 12.5 Å². The minimum Gasteiger partial charge on any atom is -0.493 e. The number of Topliss-reactive ketones (excluding diaryl/α,β-unsaturated/α-hetero) is 1. The minimum atomic E-state index is -4.80. The number of benzene rings is 1. The molecule has 19 heteroatoms. The fourth-order valence-corrected chi connectivity index (χ4v) is 4.06. The number of carbonyl (C=O) groups excluding carboxylic acids is 4. The van der Waals surface area contributed by atoms with Gasteiger partial charge in [-0.2, -0.15) is 0 Å². The van der Waals surface area contributed by atoms with Gasteiger partial charge in [0, 0.05) is 43.6 Å². The molecular weight excluding hydrogens is 597 g/mol. The van der Waals surface area contributed by atoms with E-state index in [1.54, 1.807) is 0 Å². The monoisotopic (exact) mass is 625 g/mol. The first kappa shape index (κ1) is 32.9. The maximum absolute atomic E-state index is 12.6. The standard InChI is InChI=1S/C24H28N5O13P/c1-39-18-10-15(11-19(40-2)23(18)41-14-42-43(36,37)38)13-28-20(29(34)35)12-17(26-28)24(33)25-8-3-4-16(30)7-9-27-21(31)5-6-22(27)32/h5-6,10-12H,3-4,7-9,13-14H2,1-2H3,(H,25,33)(H2,36,37,38). The van der Waals surface area contributed by atoms with Crippen molar-refractivity contribution in [2.75, 3.05) is 34.1 Å². The number of nitrogens with zero attached hydrogens (tertiary/aromatic N) is 4. The third-order valence-electron chi connectivity index (χ3n) is 5.89. The van der Waals surface area contributed by atoms with Crippen LogP contribution in [0.2, 0.25) is 0 Å². The number of carbonyl (C=O) groups is 4. The molecule has 0 aliphatic carbocycles. The molecular formula is C24H28N5O13P. The lowest BCUT2D eigenvalue weighted by atomic mass is 10.1. The fourth-order valence-electron chi connectivity index (χ4n) is 3.87. The Morgan fingerprint density at radius 2 is 1.70 bits per heavy atom. The highest BCUT2D eigenvalue weighted by atomic mass is 31.2. The molecule has 2 aromatic rings. The van der Waals surface area contributed by atoms with Gasteiger partial charge in [0.05, 0.1) is 20.3 Å². The van der Waals surface area contributed by atoms with Crippen molar-refractivity contribution in [3.8, 4) is 17.2 Å². The average molecular weight is 625 g/mol. The Morgan fingerprint density at radius 1 is 1.07 bits per heavy atom. The molecule has 0 atom stereocenters. The van der Waals surface area contributed by atoms with E-state index in [-0.39, 0.29) is 67.6 Å². The Hall–Kier alpha value is -4.64. The molecule has 18 nitrogen and oxygen atoms in total. The second-order valence-electron chi connectivity index (χ2n) is 8.82. The molecule has 1 aromatic heterocycles. The van der Waals surface area contributed by atoms with Crippen molar-refractivity contribution < 1.29 is 57.2 Å². The van der Waals surface area contributed by atoms with Gasteiger partial charge in [-0.3, -0.25) is 24.1 Å². The SMILES string of the molecule is COc1cc(Cn2nc(C(=O)NCCCC(=O)CCN3C(=O)C=CC3=O)cc2[N+](=O)[O-])cc(OC)c1OCOP(=O)(O)O. The number of aromatic nitrogens is 2. The maximum atomic E-state index is 12.6. The Morgan fingerprint density at radius 3 is 2.26 bits per heavy atom. The highest BCUT2D eigenvalue weighted by Gasteiger charge is 2.26. The predicted molar refractivity (Wildman–Crippen MR) is 143 cm³/mol. The molecule has 232 valence electrons. The van der Waals surface area contributed by atoms with Crippen LogP contribution in [0.5, 0.6) is 17.2 Å². The van der Waals surface area contributed by atoms with Gasteiger partial charge in [0.1, 0.15) is 12.3 Å². The molecule has 3 amide bonds. The summed E-state index contributed by atoms with van der Waals surface area (Å²) in [6.45, 7) is -1.00. The number of hydrogen-bond donors (Lipinski definition) is 3. The summed E-state index contributed by atoms with van der Waals surface area (Å²) < 4.78 is 31.9. The number of amides is 3. The molecule has 0 bridgehead atoms. The Balaban J connectivity index is 1.61. The number of ketones is 1. The van der Waals surface area contributed by atoms with Gasteiger partial charge in [-0.05, 0) is 23.5 Å². The van der Waals surface area contributed by atoms with Crippen molar-refractivity contribution in [1.82, 2.24) is 20.0 Å². The van der Waals surface area contributed by atoms with Crippen LogP contribution >= 0.6 is 7.82 Å². The van der Waals surface area contributed by atoms with E-state index in [2.05, 4.69) is 14.9 Å². The van der Waals surface area contributed by atoms with Gasteiger partial charge in [-0.15, -0.1) is 4.68 Å². The van der Waals surface area contributed by atoms with Gasteiger partial charge in [-0.25, -0.2) is 9.09 Å². The zero-order chi connectivity index (χ0) is 31.7. The van der Waals surface area contributed by atoms with Crippen LogP contribution in [0.15, 0.2) is 30.4 Å². The maximum Gasteiger partial charge on any atom is 0.472 e. The first-order chi connectivity index (χ1) is 20.3. The van der Waals surface area contributed by atoms with Crippen molar-refractivity contribution in [2.45, 2.75) is 25.8 Å². The van der Waals surface area contributed by atoms with E-state index in [4.69, 9.17) is 24.0 Å². The molecule has 3 N–H and O–H groups in total. The van der Waals surface area contributed by atoms with Gasteiger partial charge < -0.3 is 39.4 Å². The zero-order valence-electron chi connectivity index (χ0n) is 23.0. The van der Waals surface area contributed by atoms with Crippen LogP contribution in [-0.4, -0.2) is 87.0 Å². The second kappa shape index (κ2) is 14.5. The Kier molecular flexibility index (Phi) is 11.1. The number of nitro groups is 1. The quantitative estimate of drug-likeness (QED) is 0.0548. The Bertz CT molecular complexity index is 1440. The van der Waals surface area contributed by atoms with E-state index < -0.39 is 43.1 Å². The van der Waals surface area contributed by atoms with E-state index in [1.807, 2.05) is 0 Å². The summed E-state index contributed by atoms with van der Waals surface area (Å²) in [5.41, 5.74) is 0.131. The molecule has 1 aromatic carbocycles. The van der Waals surface area contributed by atoms with Crippen molar-refractivity contribution in [2.24, 2.45) is 0 Å². The number of phosphoric acid groups is 1. The van der Waals surface area contributed by atoms with Crippen LogP contribution in [0.25, 0.3) is 0 Å². The van der Waals surface area contributed by atoms with Crippen LogP contribution in [0, 0.1) is 10.1 Å². The number of hydrogen-bond acceptors (Lipinski definition) is 12. The zero-order valence-corrected chi connectivity index (χ0v) is 23.9. The molecule has 0 saturated carbocycles. The molecule has 0 saturated heterocycles. The summed E-state index contributed by atoms with van der Waals surface area (Å²) in [7, 11) is -2.23. The largest absolute Gasteiger partial charge is 0.493 e. The van der Waals surface area contributed by atoms with Gasteiger partial charge in [0.15, 0.2) is 17.2 Å². The van der Waals surface area contributed by atoms with E-state index >= 15 is 0 Å². The second-order valence-corrected chi connectivity index (χ2v) is 10.1. The van der Waals surface area contributed by atoms with E-state index in [1.165, 1.54) is 26.4 Å². The molecule has 0 unspecified atom stereocenters. The normalized spacial score (nSPS) is 12.9. The molecule has 0 fully saturated rings. The summed E-state index contributed by atoms with van der Waals surface area (Å²) in [5.74, 6) is -2.30. The number of phosphoric ester groups is 1. The molecule has 0 radical (unpaired) electrons. The lowest BCUT2D eigenvalue weighted by molar-refractivity contribution is -0.392. The molecule has 1 aliphatic rings. The van der Waals surface area contributed by atoms with Gasteiger partial charge >= 0.3 is 13.6 Å². The highest BCUT2D eigenvalue weighted by Crippen LogP contribution is 2.41. The number of ether oxygens (including phenoxy) is 3. The Labute approximate surface area is 243 Å². The first-order valence-electron chi connectivity index (χ1n) is 12.5.